The van der Waals surface area contributed by atoms with E-state index in [2.05, 4.69) is 9.88 Å². The zero-order chi connectivity index (χ0) is 13.3. The summed E-state index contributed by atoms with van der Waals surface area (Å²) in [7, 11) is 4.07. The van der Waals surface area contributed by atoms with Crippen molar-refractivity contribution in [1.29, 1.82) is 0 Å². The molecule has 0 spiro atoms. The van der Waals surface area contributed by atoms with Gasteiger partial charge in [0, 0.05) is 12.6 Å². The number of fused-ring (bicyclic) bond motifs is 1. The SMILES string of the molecule is Cc1cc2c(cc1F)nc(N)n2CCCN(C)C. The number of aromatic nitrogens is 2. The van der Waals surface area contributed by atoms with Crippen LogP contribution in [0.25, 0.3) is 11.0 Å². The molecular weight excluding hydrogens is 231 g/mol. The number of anilines is 1. The highest BCUT2D eigenvalue weighted by atomic mass is 19.1. The fraction of sp³-hybridized carbons (Fsp3) is 0.462. The zero-order valence-electron chi connectivity index (χ0n) is 11.1. The van der Waals surface area contributed by atoms with Gasteiger partial charge in [0.1, 0.15) is 5.82 Å². The average molecular weight is 250 g/mol. The minimum atomic E-state index is -0.236. The van der Waals surface area contributed by atoms with Crippen LogP contribution in [0.5, 0.6) is 0 Å². The molecule has 0 aliphatic rings. The lowest BCUT2D eigenvalue weighted by atomic mass is 10.2. The topological polar surface area (TPSA) is 47.1 Å². The van der Waals surface area contributed by atoms with Crippen molar-refractivity contribution in [2.24, 2.45) is 0 Å². The predicted octanol–water partition coefficient (Wildman–Crippen LogP) is 2.02. The molecule has 0 bridgehead atoms. The lowest BCUT2D eigenvalue weighted by Crippen LogP contribution is -2.15. The number of halogens is 1. The van der Waals surface area contributed by atoms with Crippen molar-refractivity contribution < 1.29 is 4.39 Å². The van der Waals surface area contributed by atoms with Crippen molar-refractivity contribution in [1.82, 2.24) is 14.5 Å². The summed E-state index contributed by atoms with van der Waals surface area (Å²) in [5.74, 6) is 0.217. The zero-order valence-corrected chi connectivity index (χ0v) is 11.1. The number of hydrogen-bond donors (Lipinski definition) is 1. The van der Waals surface area contributed by atoms with E-state index in [0.717, 1.165) is 25.0 Å². The maximum absolute atomic E-state index is 13.5. The van der Waals surface area contributed by atoms with Crippen molar-refractivity contribution in [3.8, 4) is 0 Å². The summed E-state index contributed by atoms with van der Waals surface area (Å²) in [6, 6.07) is 3.26. The molecule has 0 amide bonds. The first kappa shape index (κ1) is 12.8. The lowest BCUT2D eigenvalue weighted by Gasteiger charge is -2.11. The molecule has 0 radical (unpaired) electrons. The molecule has 1 heterocycles. The molecule has 0 saturated carbocycles. The Kier molecular flexibility index (Phi) is 3.52. The Labute approximate surface area is 106 Å². The van der Waals surface area contributed by atoms with Crippen LogP contribution < -0.4 is 5.73 Å². The van der Waals surface area contributed by atoms with Crippen LogP contribution in [0, 0.1) is 12.7 Å². The standard InChI is InChI=1S/C13H19FN4/c1-9-7-12-11(8-10(9)14)16-13(15)18(12)6-4-5-17(2)3/h7-8H,4-6H2,1-3H3,(H2,15,16). The van der Waals surface area contributed by atoms with Gasteiger partial charge < -0.3 is 15.2 Å². The molecule has 4 nitrogen and oxygen atoms in total. The molecule has 0 aliphatic carbocycles. The van der Waals surface area contributed by atoms with E-state index in [9.17, 15) is 4.39 Å². The third-order valence-corrected chi connectivity index (χ3v) is 3.05. The monoisotopic (exact) mass is 250 g/mol. The van der Waals surface area contributed by atoms with Gasteiger partial charge in [-0.1, -0.05) is 0 Å². The van der Waals surface area contributed by atoms with Crippen LogP contribution >= 0.6 is 0 Å². The van der Waals surface area contributed by atoms with E-state index < -0.39 is 0 Å². The smallest absolute Gasteiger partial charge is 0.201 e. The van der Waals surface area contributed by atoms with Crippen LogP contribution in [0.4, 0.5) is 10.3 Å². The first-order valence-corrected chi connectivity index (χ1v) is 6.05. The number of benzene rings is 1. The van der Waals surface area contributed by atoms with Gasteiger partial charge in [-0.25, -0.2) is 9.37 Å². The van der Waals surface area contributed by atoms with Crippen LogP contribution in [-0.4, -0.2) is 35.1 Å². The highest BCUT2D eigenvalue weighted by molar-refractivity contribution is 5.79. The third-order valence-electron chi connectivity index (χ3n) is 3.05. The lowest BCUT2D eigenvalue weighted by molar-refractivity contribution is 0.388. The molecule has 98 valence electrons. The number of nitrogens with two attached hydrogens (primary N) is 1. The van der Waals surface area contributed by atoms with Gasteiger partial charge in [0.2, 0.25) is 5.95 Å². The summed E-state index contributed by atoms with van der Waals surface area (Å²) in [5, 5.41) is 0. The second-order valence-corrected chi connectivity index (χ2v) is 4.87. The quantitative estimate of drug-likeness (QED) is 0.903. The summed E-state index contributed by atoms with van der Waals surface area (Å²) < 4.78 is 15.4. The molecule has 0 atom stereocenters. The summed E-state index contributed by atoms with van der Waals surface area (Å²) in [6.45, 7) is 3.53. The Hall–Kier alpha value is -1.62. The van der Waals surface area contributed by atoms with Gasteiger partial charge in [-0.05, 0) is 45.6 Å². The van der Waals surface area contributed by atoms with Crippen molar-refractivity contribution in [3.63, 3.8) is 0 Å². The predicted molar refractivity (Wildman–Crippen MR) is 72.0 cm³/mol. The molecule has 5 heteroatoms. The van der Waals surface area contributed by atoms with Crippen molar-refractivity contribution in [3.05, 3.63) is 23.5 Å². The molecule has 2 aromatic rings. The molecule has 0 saturated heterocycles. The van der Waals surface area contributed by atoms with Crippen LogP contribution in [0.15, 0.2) is 12.1 Å². The maximum Gasteiger partial charge on any atom is 0.201 e. The molecule has 1 aromatic carbocycles. The van der Waals surface area contributed by atoms with E-state index in [1.165, 1.54) is 6.07 Å². The Morgan fingerprint density at radius 2 is 2.11 bits per heavy atom. The van der Waals surface area contributed by atoms with Crippen molar-refractivity contribution in [2.45, 2.75) is 19.9 Å². The van der Waals surface area contributed by atoms with Crippen LogP contribution in [0.3, 0.4) is 0 Å². The van der Waals surface area contributed by atoms with Gasteiger partial charge in [0.05, 0.1) is 11.0 Å². The second-order valence-electron chi connectivity index (χ2n) is 4.87. The summed E-state index contributed by atoms with van der Waals surface area (Å²) in [6.07, 6.45) is 0.985. The largest absolute Gasteiger partial charge is 0.369 e. The Balaban J connectivity index is 2.31. The van der Waals surface area contributed by atoms with E-state index in [-0.39, 0.29) is 5.82 Å². The molecule has 0 fully saturated rings. The van der Waals surface area contributed by atoms with E-state index in [1.54, 1.807) is 6.92 Å². The van der Waals surface area contributed by atoms with Gasteiger partial charge in [0.25, 0.3) is 0 Å². The van der Waals surface area contributed by atoms with Crippen LogP contribution in [-0.2, 0) is 6.54 Å². The molecule has 0 unspecified atom stereocenters. The number of nitrogen functional groups attached to an aromatic ring is 1. The summed E-state index contributed by atoms with van der Waals surface area (Å²) >= 11 is 0. The molecule has 18 heavy (non-hydrogen) atoms. The van der Waals surface area contributed by atoms with Gasteiger partial charge in [-0.15, -0.1) is 0 Å². The normalized spacial score (nSPS) is 11.6. The van der Waals surface area contributed by atoms with E-state index in [0.29, 0.717) is 17.0 Å². The van der Waals surface area contributed by atoms with Gasteiger partial charge in [-0.2, -0.15) is 0 Å². The molecule has 2 N–H and O–H groups in total. The number of nitrogens with zero attached hydrogens (tertiary/aromatic N) is 3. The highest BCUT2D eigenvalue weighted by Gasteiger charge is 2.10. The average Bonchev–Trinajstić information content (AvgIpc) is 2.56. The van der Waals surface area contributed by atoms with E-state index in [1.807, 2.05) is 24.7 Å². The second kappa shape index (κ2) is 4.94. The first-order chi connectivity index (χ1) is 8.49. The molecule has 1 aromatic heterocycles. The number of hydrogen-bond acceptors (Lipinski definition) is 3. The fourth-order valence-corrected chi connectivity index (χ4v) is 2.05. The number of aryl methyl sites for hydroxylation is 2. The van der Waals surface area contributed by atoms with Crippen LogP contribution in [0.1, 0.15) is 12.0 Å². The minimum absolute atomic E-state index is 0.236. The van der Waals surface area contributed by atoms with Crippen molar-refractivity contribution >= 4 is 17.0 Å². The Bertz CT molecular complexity index is 560. The van der Waals surface area contributed by atoms with Gasteiger partial charge >= 0.3 is 0 Å². The molecule has 2 rings (SSSR count). The summed E-state index contributed by atoms with van der Waals surface area (Å²) in [4.78, 5) is 6.33. The molecular formula is C13H19FN4. The number of rotatable bonds is 4. The number of imidazole rings is 1. The maximum atomic E-state index is 13.5. The van der Waals surface area contributed by atoms with Gasteiger partial charge in [0.15, 0.2) is 0 Å². The molecule has 0 aliphatic heterocycles. The Morgan fingerprint density at radius 3 is 2.78 bits per heavy atom. The van der Waals surface area contributed by atoms with Gasteiger partial charge in [-0.3, -0.25) is 0 Å². The van der Waals surface area contributed by atoms with E-state index >= 15 is 0 Å². The minimum Gasteiger partial charge on any atom is -0.369 e. The highest BCUT2D eigenvalue weighted by Crippen LogP contribution is 2.21. The third kappa shape index (κ3) is 2.46. The fourth-order valence-electron chi connectivity index (χ4n) is 2.05. The van der Waals surface area contributed by atoms with E-state index in [4.69, 9.17) is 5.73 Å². The Morgan fingerprint density at radius 1 is 1.39 bits per heavy atom. The summed E-state index contributed by atoms with van der Waals surface area (Å²) in [5.41, 5.74) is 8.04. The first-order valence-electron chi connectivity index (χ1n) is 6.05. The van der Waals surface area contributed by atoms with Crippen LogP contribution in [0.2, 0.25) is 0 Å². The van der Waals surface area contributed by atoms with Crippen molar-refractivity contribution in [2.75, 3.05) is 26.4 Å².